The normalized spacial score (nSPS) is 24.3. The fourth-order valence-corrected chi connectivity index (χ4v) is 2.15. The maximum absolute atomic E-state index is 5.68. The molecule has 0 aliphatic carbocycles. The van der Waals surface area contributed by atoms with E-state index in [1.165, 1.54) is 0 Å². The van der Waals surface area contributed by atoms with Gasteiger partial charge in [-0.1, -0.05) is 19.1 Å². The summed E-state index contributed by atoms with van der Waals surface area (Å²) >= 11 is 5.02. The molecule has 0 spiro atoms. The van der Waals surface area contributed by atoms with Crippen LogP contribution in [0.4, 0.5) is 5.82 Å². The Morgan fingerprint density at radius 2 is 2.47 bits per heavy atom. The van der Waals surface area contributed by atoms with Gasteiger partial charge in [-0.15, -0.1) is 0 Å². The molecule has 0 amide bonds. The van der Waals surface area contributed by atoms with E-state index < -0.39 is 0 Å². The smallest absolute Gasteiger partial charge is 0.136 e. The molecule has 0 radical (unpaired) electrons. The Morgan fingerprint density at radius 1 is 1.65 bits per heavy atom. The van der Waals surface area contributed by atoms with Crippen molar-refractivity contribution in [3.05, 3.63) is 23.9 Å². The van der Waals surface area contributed by atoms with Crippen LogP contribution in [-0.4, -0.2) is 29.2 Å². The summed E-state index contributed by atoms with van der Waals surface area (Å²) in [5.74, 6) is 1.24. The lowest BCUT2D eigenvalue weighted by Gasteiger charge is -2.30. The Bertz CT molecular complexity index is 410. The Labute approximate surface area is 107 Å². The van der Waals surface area contributed by atoms with E-state index in [0.717, 1.165) is 31.0 Å². The maximum atomic E-state index is 5.68. The number of hydrogen-bond donors (Lipinski definition) is 2. The van der Waals surface area contributed by atoms with Gasteiger partial charge in [0.2, 0.25) is 0 Å². The minimum atomic E-state index is 0.367. The average molecular weight is 251 g/mol. The van der Waals surface area contributed by atoms with Crippen molar-refractivity contribution in [2.45, 2.75) is 19.4 Å². The van der Waals surface area contributed by atoms with Crippen molar-refractivity contribution in [2.75, 3.05) is 18.5 Å². The lowest BCUT2D eigenvalue weighted by Crippen LogP contribution is -2.36. The summed E-state index contributed by atoms with van der Waals surface area (Å²) in [5, 5.41) is 3.42. The van der Waals surface area contributed by atoms with Gasteiger partial charge in [0.15, 0.2) is 0 Å². The standard InChI is InChI=1S/C12H17N3OS/c1-8-7-16-6-4-10(8)15-12-9(11(13)17)3-2-5-14-12/h2-3,5,8,10H,4,6-7H2,1H3,(H2,13,17)(H,14,15). The zero-order valence-electron chi connectivity index (χ0n) is 9.85. The lowest BCUT2D eigenvalue weighted by atomic mass is 9.97. The molecule has 1 aliphatic rings. The van der Waals surface area contributed by atoms with Gasteiger partial charge in [-0.25, -0.2) is 4.98 Å². The summed E-state index contributed by atoms with van der Waals surface area (Å²) < 4.78 is 5.42. The summed E-state index contributed by atoms with van der Waals surface area (Å²) in [6.45, 7) is 3.74. The molecule has 1 fully saturated rings. The van der Waals surface area contributed by atoms with Gasteiger partial charge in [-0.3, -0.25) is 0 Å². The number of thiocarbonyl (C=S) groups is 1. The topological polar surface area (TPSA) is 60.2 Å². The number of pyridine rings is 1. The largest absolute Gasteiger partial charge is 0.389 e. The second-order valence-electron chi connectivity index (χ2n) is 4.36. The number of nitrogens with zero attached hydrogens (tertiary/aromatic N) is 1. The van der Waals surface area contributed by atoms with Crippen LogP contribution in [0.25, 0.3) is 0 Å². The molecular weight excluding hydrogens is 234 g/mol. The molecular formula is C12H17N3OS. The maximum Gasteiger partial charge on any atom is 0.136 e. The fourth-order valence-electron chi connectivity index (χ4n) is 1.99. The van der Waals surface area contributed by atoms with Crippen LogP contribution in [0.1, 0.15) is 18.9 Å². The van der Waals surface area contributed by atoms with E-state index in [2.05, 4.69) is 17.2 Å². The van der Waals surface area contributed by atoms with Crippen molar-refractivity contribution < 1.29 is 4.74 Å². The van der Waals surface area contributed by atoms with Gasteiger partial charge in [-0.2, -0.15) is 0 Å². The second kappa shape index (κ2) is 5.42. The minimum Gasteiger partial charge on any atom is -0.389 e. The highest BCUT2D eigenvalue weighted by molar-refractivity contribution is 7.80. The van der Waals surface area contributed by atoms with Crippen molar-refractivity contribution in [2.24, 2.45) is 11.7 Å². The van der Waals surface area contributed by atoms with Crippen LogP contribution in [0.3, 0.4) is 0 Å². The van der Waals surface area contributed by atoms with Crippen LogP contribution in [0, 0.1) is 5.92 Å². The fraction of sp³-hybridized carbons (Fsp3) is 0.500. The van der Waals surface area contributed by atoms with Crippen molar-refractivity contribution in [3.63, 3.8) is 0 Å². The van der Waals surface area contributed by atoms with E-state index >= 15 is 0 Å². The third-order valence-electron chi connectivity index (χ3n) is 3.04. The predicted molar refractivity (Wildman–Crippen MR) is 72.1 cm³/mol. The van der Waals surface area contributed by atoms with Gasteiger partial charge in [-0.05, 0) is 24.5 Å². The first-order valence-corrected chi connectivity index (χ1v) is 6.18. The average Bonchev–Trinajstić information content (AvgIpc) is 2.32. The summed E-state index contributed by atoms with van der Waals surface area (Å²) in [4.78, 5) is 4.68. The third kappa shape index (κ3) is 2.92. The molecule has 17 heavy (non-hydrogen) atoms. The van der Waals surface area contributed by atoms with Crippen LogP contribution < -0.4 is 11.1 Å². The minimum absolute atomic E-state index is 0.367. The summed E-state index contributed by atoms with van der Waals surface area (Å²) in [6.07, 6.45) is 2.72. The molecule has 2 unspecified atom stereocenters. The van der Waals surface area contributed by atoms with E-state index in [1.54, 1.807) is 6.20 Å². The van der Waals surface area contributed by atoms with Gasteiger partial charge >= 0.3 is 0 Å². The lowest BCUT2D eigenvalue weighted by molar-refractivity contribution is 0.0537. The summed E-state index contributed by atoms with van der Waals surface area (Å²) in [7, 11) is 0. The Kier molecular flexibility index (Phi) is 3.91. The number of ether oxygens (including phenoxy) is 1. The summed E-state index contributed by atoms with van der Waals surface area (Å²) in [6, 6.07) is 4.10. The molecule has 1 aromatic heterocycles. The Hall–Kier alpha value is -1.20. The number of nitrogens with one attached hydrogen (secondary N) is 1. The molecule has 0 aromatic carbocycles. The number of nitrogens with two attached hydrogens (primary N) is 1. The quantitative estimate of drug-likeness (QED) is 0.798. The summed E-state index contributed by atoms with van der Waals surface area (Å²) in [5.41, 5.74) is 6.49. The van der Waals surface area contributed by atoms with Gasteiger partial charge < -0.3 is 15.8 Å². The number of anilines is 1. The van der Waals surface area contributed by atoms with Crippen molar-refractivity contribution in [1.29, 1.82) is 0 Å². The molecule has 5 heteroatoms. The van der Waals surface area contributed by atoms with Gasteiger partial charge in [0.05, 0.1) is 12.2 Å². The molecule has 0 bridgehead atoms. The highest BCUT2D eigenvalue weighted by Crippen LogP contribution is 2.20. The predicted octanol–water partition coefficient (Wildman–Crippen LogP) is 1.55. The van der Waals surface area contributed by atoms with Crippen LogP contribution in [0.2, 0.25) is 0 Å². The van der Waals surface area contributed by atoms with E-state index in [1.807, 2.05) is 12.1 Å². The van der Waals surface area contributed by atoms with Crippen LogP contribution in [0.5, 0.6) is 0 Å². The molecule has 1 aromatic rings. The molecule has 2 heterocycles. The monoisotopic (exact) mass is 251 g/mol. The SMILES string of the molecule is CC1COCCC1Nc1ncccc1C(N)=S. The first-order chi connectivity index (χ1) is 8.18. The number of aromatic nitrogens is 1. The van der Waals surface area contributed by atoms with Crippen molar-refractivity contribution in [1.82, 2.24) is 4.98 Å². The van der Waals surface area contributed by atoms with Gasteiger partial charge in [0.25, 0.3) is 0 Å². The molecule has 1 aliphatic heterocycles. The van der Waals surface area contributed by atoms with E-state index in [0.29, 0.717) is 16.9 Å². The molecule has 2 atom stereocenters. The van der Waals surface area contributed by atoms with Crippen molar-refractivity contribution in [3.8, 4) is 0 Å². The second-order valence-corrected chi connectivity index (χ2v) is 4.80. The van der Waals surface area contributed by atoms with E-state index in [-0.39, 0.29) is 0 Å². The van der Waals surface area contributed by atoms with Gasteiger partial charge in [0.1, 0.15) is 10.8 Å². The Morgan fingerprint density at radius 3 is 3.18 bits per heavy atom. The first kappa shape index (κ1) is 12.3. The van der Waals surface area contributed by atoms with E-state index in [4.69, 9.17) is 22.7 Å². The zero-order chi connectivity index (χ0) is 12.3. The zero-order valence-corrected chi connectivity index (χ0v) is 10.7. The molecule has 4 nitrogen and oxygen atoms in total. The van der Waals surface area contributed by atoms with Crippen LogP contribution >= 0.6 is 12.2 Å². The third-order valence-corrected chi connectivity index (χ3v) is 3.26. The highest BCUT2D eigenvalue weighted by atomic mass is 32.1. The number of hydrogen-bond acceptors (Lipinski definition) is 4. The number of rotatable bonds is 3. The van der Waals surface area contributed by atoms with Crippen LogP contribution in [-0.2, 0) is 4.74 Å². The van der Waals surface area contributed by atoms with E-state index in [9.17, 15) is 0 Å². The molecule has 2 rings (SSSR count). The Balaban J connectivity index is 2.14. The molecule has 1 saturated heterocycles. The molecule has 92 valence electrons. The molecule has 3 N–H and O–H groups in total. The van der Waals surface area contributed by atoms with Crippen molar-refractivity contribution >= 4 is 23.0 Å². The van der Waals surface area contributed by atoms with Gasteiger partial charge in [0, 0.05) is 18.8 Å². The molecule has 0 saturated carbocycles. The highest BCUT2D eigenvalue weighted by Gasteiger charge is 2.22. The van der Waals surface area contributed by atoms with Crippen LogP contribution in [0.15, 0.2) is 18.3 Å². The first-order valence-electron chi connectivity index (χ1n) is 5.77.